The van der Waals surface area contributed by atoms with Crippen LogP contribution in [-0.2, 0) is 0 Å². The summed E-state index contributed by atoms with van der Waals surface area (Å²) in [6.07, 6.45) is 3.50. The van der Waals surface area contributed by atoms with E-state index in [4.69, 9.17) is 0 Å². The molecule has 0 unspecified atom stereocenters. The Hall–Kier alpha value is -0.935. The maximum atomic E-state index is 9.75. The van der Waals surface area contributed by atoms with Gasteiger partial charge in [0.25, 0.3) is 0 Å². The topological polar surface area (TPSA) is 12.8 Å². The molecule has 1 N–H and O–H groups in total. The first kappa shape index (κ1) is 9.06. The summed E-state index contributed by atoms with van der Waals surface area (Å²) in [5.41, 5.74) is 0. The summed E-state index contributed by atoms with van der Waals surface area (Å²) in [5, 5.41) is 0. The van der Waals surface area contributed by atoms with E-state index < -0.39 is 7.25 Å². The van der Waals surface area contributed by atoms with Crippen LogP contribution in [0.1, 0.15) is 0 Å². The van der Waals surface area contributed by atoms with E-state index in [1.807, 2.05) is 12.1 Å². The highest BCUT2D eigenvalue weighted by Crippen LogP contribution is 2.06. The van der Waals surface area contributed by atoms with Crippen LogP contribution in [0.3, 0.4) is 0 Å². The monoisotopic (exact) mass is 156 g/mol. The Bertz CT molecular complexity index is 124. The zero-order valence-corrected chi connectivity index (χ0v) is 4.85. The van der Waals surface area contributed by atoms with Gasteiger partial charge in [0, 0.05) is 12.1 Å². The minimum Gasteiger partial charge on any atom is -0.557 e. The molecule has 58 valence electrons. The summed E-state index contributed by atoms with van der Waals surface area (Å²) in [6.45, 7) is 0. The van der Waals surface area contributed by atoms with Crippen molar-refractivity contribution >= 4 is 7.25 Å². The predicted molar refractivity (Wildman–Crippen MR) is 30.0 cm³/mol. The molecule has 1 heterocycles. The highest BCUT2D eigenvalue weighted by atomic mass is 19.5. The summed E-state index contributed by atoms with van der Waals surface area (Å²) in [6, 6.07) is 3.78. The molecule has 1 nitrogen and oxygen atoms in total. The van der Waals surface area contributed by atoms with Crippen molar-refractivity contribution in [2.75, 3.05) is 0 Å². The molecule has 0 radical (unpaired) electrons. The molecule has 0 aliphatic carbocycles. The Morgan fingerprint density at radius 3 is 1.30 bits per heavy atom. The quantitative estimate of drug-likeness (QED) is 0.311. The van der Waals surface area contributed by atoms with Crippen LogP contribution in [0.4, 0.5) is 17.3 Å². The van der Waals surface area contributed by atoms with Gasteiger partial charge in [-0.05, 0) is 0 Å². The highest BCUT2D eigenvalue weighted by molar-refractivity contribution is 6.50. The zero-order valence-electron chi connectivity index (χ0n) is 4.85. The normalized spacial score (nSPS) is 10.0. The maximum absolute atomic E-state index is 9.75. The number of furan rings is 1. The van der Waals surface area contributed by atoms with Gasteiger partial charge in [-0.25, -0.2) is 0 Å². The van der Waals surface area contributed by atoms with Crippen LogP contribution in [0.25, 0.3) is 0 Å². The van der Waals surface area contributed by atoms with Gasteiger partial charge in [0.05, 0.1) is 0 Å². The molecule has 10 heavy (non-hydrogen) atoms. The summed E-state index contributed by atoms with van der Waals surface area (Å²) < 4.78 is 42.7. The van der Waals surface area contributed by atoms with Crippen molar-refractivity contribution in [3.8, 4) is 0 Å². The SMILES string of the molecule is F[B-](F)(F)F.c1cc[oH+]c1. The van der Waals surface area contributed by atoms with Gasteiger partial charge in [-0.1, -0.05) is 0 Å². The van der Waals surface area contributed by atoms with Crippen molar-refractivity contribution in [3.05, 3.63) is 24.7 Å². The molecule has 0 aromatic carbocycles. The van der Waals surface area contributed by atoms with Gasteiger partial charge in [-0.15, -0.1) is 0 Å². The zero-order chi connectivity index (χ0) is 8.04. The molecule has 0 bridgehead atoms. The van der Waals surface area contributed by atoms with E-state index >= 15 is 0 Å². The van der Waals surface area contributed by atoms with Gasteiger partial charge in [0.15, 0.2) is 0 Å². The average Bonchev–Trinajstić information content (AvgIpc) is 2.07. The third-order valence-corrected chi connectivity index (χ3v) is 0.455. The predicted octanol–water partition coefficient (Wildman–Crippen LogP) is 2.69. The van der Waals surface area contributed by atoms with Crippen molar-refractivity contribution in [1.29, 1.82) is 0 Å². The third-order valence-electron chi connectivity index (χ3n) is 0.455. The van der Waals surface area contributed by atoms with Gasteiger partial charge in [0.2, 0.25) is 12.5 Å². The first-order chi connectivity index (χ1) is 4.50. The van der Waals surface area contributed by atoms with Gasteiger partial charge in [-0.2, -0.15) is 0 Å². The average molecular weight is 156 g/mol. The lowest BCUT2D eigenvalue weighted by atomic mass is 10.3. The third kappa shape index (κ3) is 15.7. The fraction of sp³-hybridized carbons (Fsp3) is 0. The van der Waals surface area contributed by atoms with E-state index in [0.717, 1.165) is 0 Å². The molecule has 0 atom stereocenters. The summed E-state index contributed by atoms with van der Waals surface area (Å²) in [4.78, 5) is 0. The molecule has 6 heteroatoms. The fourth-order valence-electron chi connectivity index (χ4n) is 0.248. The van der Waals surface area contributed by atoms with E-state index in [1.165, 1.54) is 0 Å². The lowest BCUT2D eigenvalue weighted by molar-refractivity contribution is 0.368. The van der Waals surface area contributed by atoms with E-state index in [-0.39, 0.29) is 0 Å². The molecule has 0 aliphatic heterocycles. The number of rotatable bonds is 0. The van der Waals surface area contributed by atoms with Gasteiger partial charge >= 0.3 is 7.25 Å². The minimum absolute atomic E-state index is 1.75. The fourth-order valence-corrected chi connectivity index (χ4v) is 0.248. The van der Waals surface area contributed by atoms with Crippen LogP contribution in [0, 0.1) is 0 Å². The summed E-state index contributed by atoms with van der Waals surface area (Å²) >= 11 is 0. The molecule has 0 amide bonds. The summed E-state index contributed by atoms with van der Waals surface area (Å²) in [5.74, 6) is 0. The Balaban J connectivity index is 0.000000162. The number of hydrogen-bond acceptors (Lipinski definition) is 0. The second-order valence-electron chi connectivity index (χ2n) is 1.33. The molecular formula is C4H5BF4O. The van der Waals surface area contributed by atoms with Crippen LogP contribution >= 0.6 is 0 Å². The Morgan fingerprint density at radius 1 is 0.900 bits per heavy atom. The van der Waals surface area contributed by atoms with Crippen molar-refractivity contribution in [3.63, 3.8) is 0 Å². The van der Waals surface area contributed by atoms with Crippen molar-refractivity contribution in [2.45, 2.75) is 0 Å². The Morgan fingerprint density at radius 2 is 1.20 bits per heavy atom. The van der Waals surface area contributed by atoms with Crippen molar-refractivity contribution in [2.24, 2.45) is 0 Å². The van der Waals surface area contributed by atoms with E-state index in [2.05, 4.69) is 4.42 Å². The van der Waals surface area contributed by atoms with Crippen molar-refractivity contribution < 1.29 is 21.7 Å². The first-order valence-corrected chi connectivity index (χ1v) is 2.39. The van der Waals surface area contributed by atoms with E-state index in [1.54, 1.807) is 12.5 Å². The van der Waals surface area contributed by atoms with Gasteiger partial charge < -0.3 is 21.7 Å². The Kier molecular flexibility index (Phi) is 3.60. The van der Waals surface area contributed by atoms with Crippen molar-refractivity contribution in [1.82, 2.24) is 0 Å². The molecule has 0 spiro atoms. The molecule has 0 saturated heterocycles. The molecule has 0 aliphatic rings. The molecule has 0 fully saturated rings. The van der Waals surface area contributed by atoms with Gasteiger partial charge in [0.1, 0.15) is 0 Å². The largest absolute Gasteiger partial charge is 0.673 e. The van der Waals surface area contributed by atoms with E-state index in [0.29, 0.717) is 0 Å². The first-order valence-electron chi connectivity index (χ1n) is 2.39. The standard InChI is InChI=1S/C4H4O.BF4/c1-2-4-5-3-1;2-1(3,4)5/h1-4H;/q;-1/p+1. The second kappa shape index (κ2) is 3.97. The van der Waals surface area contributed by atoms with Gasteiger partial charge in [-0.3, -0.25) is 0 Å². The summed E-state index contributed by atoms with van der Waals surface area (Å²) in [7, 11) is -6.00. The highest BCUT2D eigenvalue weighted by Gasteiger charge is 2.20. The number of halogens is 4. The minimum atomic E-state index is -6.00. The van der Waals surface area contributed by atoms with Crippen LogP contribution in [0.2, 0.25) is 0 Å². The molecule has 1 aromatic heterocycles. The number of hydrogen-bond donors (Lipinski definition) is 0. The smallest absolute Gasteiger partial charge is 0.557 e. The van der Waals surface area contributed by atoms with Crippen LogP contribution in [0.15, 0.2) is 29.1 Å². The van der Waals surface area contributed by atoms with Crippen LogP contribution in [0.5, 0.6) is 0 Å². The van der Waals surface area contributed by atoms with Crippen LogP contribution < -0.4 is 0 Å². The molecule has 1 rings (SSSR count). The Labute approximate surface area is 54.7 Å². The maximum Gasteiger partial charge on any atom is 0.673 e. The lowest BCUT2D eigenvalue weighted by Gasteiger charge is -1.94. The molecule has 0 saturated carbocycles. The lowest BCUT2D eigenvalue weighted by Crippen LogP contribution is -2.02. The molecular weight excluding hydrogens is 151 g/mol. The van der Waals surface area contributed by atoms with Crippen LogP contribution in [-0.4, -0.2) is 7.25 Å². The van der Waals surface area contributed by atoms with E-state index in [9.17, 15) is 17.3 Å². The molecule has 1 aromatic rings. The second-order valence-corrected chi connectivity index (χ2v) is 1.33.